The highest BCUT2D eigenvalue weighted by Gasteiger charge is 2.13. The molecule has 6 heteroatoms. The maximum absolute atomic E-state index is 11.6. The quantitative estimate of drug-likeness (QED) is 0.689. The van der Waals surface area contributed by atoms with E-state index in [1.807, 2.05) is 6.92 Å². The number of methoxy groups -OCH3 is 1. The number of anilines is 1. The SMILES string of the molecule is CCCCNC(=O)Nc1ccc(OC)cc1C(=O)O. The maximum Gasteiger partial charge on any atom is 0.337 e. The molecule has 0 unspecified atom stereocenters. The number of benzene rings is 1. The zero-order valence-electron chi connectivity index (χ0n) is 11.0. The average Bonchev–Trinajstić information content (AvgIpc) is 2.39. The van der Waals surface area contributed by atoms with Gasteiger partial charge in [0.1, 0.15) is 5.75 Å². The number of hydrogen-bond acceptors (Lipinski definition) is 3. The maximum atomic E-state index is 11.6. The van der Waals surface area contributed by atoms with Crippen LogP contribution >= 0.6 is 0 Å². The number of nitrogens with one attached hydrogen (secondary N) is 2. The fourth-order valence-corrected chi connectivity index (χ4v) is 1.48. The summed E-state index contributed by atoms with van der Waals surface area (Å²) in [6.45, 7) is 2.58. The summed E-state index contributed by atoms with van der Waals surface area (Å²) in [5.74, 6) is -0.697. The first kappa shape index (κ1) is 14.8. The number of aromatic carboxylic acids is 1. The summed E-state index contributed by atoms with van der Waals surface area (Å²) in [5, 5.41) is 14.3. The third-order valence-electron chi connectivity index (χ3n) is 2.52. The molecule has 0 aliphatic carbocycles. The van der Waals surface area contributed by atoms with E-state index in [0.717, 1.165) is 12.8 Å². The Morgan fingerprint density at radius 2 is 2.11 bits per heavy atom. The molecule has 0 saturated carbocycles. The van der Waals surface area contributed by atoms with Crippen molar-refractivity contribution < 1.29 is 19.4 Å². The molecule has 2 amide bonds. The predicted octanol–water partition coefficient (Wildman–Crippen LogP) is 2.31. The number of carbonyl (C=O) groups excluding carboxylic acids is 1. The lowest BCUT2D eigenvalue weighted by atomic mass is 10.1. The van der Waals surface area contributed by atoms with Crippen molar-refractivity contribution in [3.05, 3.63) is 23.8 Å². The first-order valence-electron chi connectivity index (χ1n) is 6.04. The van der Waals surface area contributed by atoms with Gasteiger partial charge in [0.15, 0.2) is 0 Å². The van der Waals surface area contributed by atoms with E-state index < -0.39 is 12.0 Å². The Morgan fingerprint density at radius 1 is 1.37 bits per heavy atom. The van der Waals surface area contributed by atoms with Crippen LogP contribution in [0.25, 0.3) is 0 Å². The summed E-state index contributed by atoms with van der Waals surface area (Å²) in [6, 6.07) is 4.04. The van der Waals surface area contributed by atoms with Gasteiger partial charge in [0.25, 0.3) is 0 Å². The lowest BCUT2D eigenvalue weighted by Gasteiger charge is -2.10. The second-order valence-electron chi connectivity index (χ2n) is 3.95. The molecule has 104 valence electrons. The van der Waals surface area contributed by atoms with Crippen LogP contribution < -0.4 is 15.4 Å². The summed E-state index contributed by atoms with van der Waals surface area (Å²) in [6.07, 6.45) is 1.85. The van der Waals surface area contributed by atoms with Gasteiger partial charge in [-0.05, 0) is 24.6 Å². The first-order chi connectivity index (χ1) is 9.08. The smallest absolute Gasteiger partial charge is 0.337 e. The highest BCUT2D eigenvalue weighted by Crippen LogP contribution is 2.22. The molecule has 0 aliphatic rings. The zero-order valence-corrected chi connectivity index (χ0v) is 11.0. The number of unbranched alkanes of at least 4 members (excludes halogenated alkanes) is 1. The molecule has 19 heavy (non-hydrogen) atoms. The van der Waals surface area contributed by atoms with E-state index >= 15 is 0 Å². The number of rotatable bonds is 6. The van der Waals surface area contributed by atoms with Gasteiger partial charge in [-0.25, -0.2) is 9.59 Å². The molecule has 3 N–H and O–H groups in total. The zero-order chi connectivity index (χ0) is 14.3. The second-order valence-corrected chi connectivity index (χ2v) is 3.95. The lowest BCUT2D eigenvalue weighted by molar-refractivity contribution is 0.0697. The van der Waals surface area contributed by atoms with Crippen LogP contribution in [0.2, 0.25) is 0 Å². The van der Waals surface area contributed by atoms with Crippen LogP contribution in [0.3, 0.4) is 0 Å². The molecule has 0 spiro atoms. The fourth-order valence-electron chi connectivity index (χ4n) is 1.48. The van der Waals surface area contributed by atoms with Gasteiger partial charge < -0.3 is 20.5 Å². The van der Waals surface area contributed by atoms with E-state index in [-0.39, 0.29) is 11.3 Å². The van der Waals surface area contributed by atoms with Crippen molar-refractivity contribution in [2.45, 2.75) is 19.8 Å². The minimum absolute atomic E-state index is 0.00927. The summed E-state index contributed by atoms with van der Waals surface area (Å²) < 4.78 is 4.95. The minimum atomic E-state index is -1.12. The van der Waals surface area contributed by atoms with Gasteiger partial charge in [0.2, 0.25) is 0 Å². The monoisotopic (exact) mass is 266 g/mol. The van der Waals surface area contributed by atoms with Crippen LogP contribution in [-0.2, 0) is 0 Å². The summed E-state index contributed by atoms with van der Waals surface area (Å²) in [4.78, 5) is 22.7. The van der Waals surface area contributed by atoms with Crippen molar-refractivity contribution >= 4 is 17.7 Å². The molecular formula is C13H18N2O4. The fraction of sp³-hybridized carbons (Fsp3) is 0.385. The van der Waals surface area contributed by atoms with Crippen molar-refractivity contribution in [1.29, 1.82) is 0 Å². The number of carboxylic acid groups (broad SMARTS) is 1. The number of urea groups is 1. The Bertz CT molecular complexity index is 460. The molecule has 1 aromatic carbocycles. The Kier molecular flexibility index (Phi) is 5.66. The largest absolute Gasteiger partial charge is 0.497 e. The van der Waals surface area contributed by atoms with E-state index in [9.17, 15) is 9.59 Å². The number of amides is 2. The minimum Gasteiger partial charge on any atom is -0.497 e. The molecule has 1 aromatic rings. The van der Waals surface area contributed by atoms with E-state index in [0.29, 0.717) is 12.3 Å². The number of hydrogen-bond donors (Lipinski definition) is 3. The summed E-state index contributed by atoms with van der Waals surface area (Å²) in [7, 11) is 1.45. The molecule has 0 atom stereocenters. The van der Waals surface area contributed by atoms with Crippen LogP contribution in [0, 0.1) is 0 Å². The highest BCUT2D eigenvalue weighted by molar-refractivity contribution is 6.00. The lowest BCUT2D eigenvalue weighted by Crippen LogP contribution is -2.30. The standard InChI is InChI=1S/C13H18N2O4/c1-3-4-7-14-13(18)15-11-6-5-9(19-2)8-10(11)12(16)17/h5-6,8H,3-4,7H2,1-2H3,(H,16,17)(H2,14,15,18). The van der Waals surface area contributed by atoms with E-state index in [1.54, 1.807) is 6.07 Å². The van der Waals surface area contributed by atoms with Crippen molar-refractivity contribution in [3.63, 3.8) is 0 Å². The van der Waals surface area contributed by atoms with Gasteiger partial charge in [-0.3, -0.25) is 0 Å². The van der Waals surface area contributed by atoms with E-state index in [4.69, 9.17) is 9.84 Å². The van der Waals surface area contributed by atoms with Crippen LogP contribution in [0.4, 0.5) is 10.5 Å². The Balaban J connectivity index is 2.77. The molecule has 0 aliphatic heterocycles. The predicted molar refractivity (Wildman–Crippen MR) is 71.9 cm³/mol. The third kappa shape index (κ3) is 4.50. The molecular weight excluding hydrogens is 248 g/mol. The van der Waals surface area contributed by atoms with Gasteiger partial charge in [0, 0.05) is 6.54 Å². The molecule has 0 bridgehead atoms. The molecule has 0 heterocycles. The van der Waals surface area contributed by atoms with Crippen LogP contribution in [0.15, 0.2) is 18.2 Å². The van der Waals surface area contributed by atoms with Crippen molar-refractivity contribution in [1.82, 2.24) is 5.32 Å². The normalized spacial score (nSPS) is 9.79. The van der Waals surface area contributed by atoms with Gasteiger partial charge in [-0.15, -0.1) is 0 Å². The van der Waals surface area contributed by atoms with Crippen molar-refractivity contribution in [2.75, 3.05) is 19.0 Å². The number of carbonyl (C=O) groups is 2. The Hall–Kier alpha value is -2.24. The van der Waals surface area contributed by atoms with Crippen molar-refractivity contribution in [3.8, 4) is 5.75 Å². The van der Waals surface area contributed by atoms with Gasteiger partial charge >= 0.3 is 12.0 Å². The van der Waals surface area contributed by atoms with Gasteiger partial charge in [0.05, 0.1) is 18.4 Å². The van der Waals surface area contributed by atoms with E-state index in [2.05, 4.69) is 10.6 Å². The summed E-state index contributed by atoms with van der Waals surface area (Å²) >= 11 is 0. The molecule has 0 saturated heterocycles. The van der Waals surface area contributed by atoms with E-state index in [1.165, 1.54) is 19.2 Å². The van der Waals surface area contributed by atoms with Crippen LogP contribution in [0.5, 0.6) is 5.75 Å². The molecule has 0 radical (unpaired) electrons. The van der Waals surface area contributed by atoms with Crippen LogP contribution in [-0.4, -0.2) is 30.8 Å². The number of ether oxygens (including phenoxy) is 1. The average molecular weight is 266 g/mol. The topological polar surface area (TPSA) is 87.7 Å². The van der Waals surface area contributed by atoms with Gasteiger partial charge in [-0.1, -0.05) is 13.3 Å². The Labute approximate surface area is 111 Å². The summed E-state index contributed by atoms with van der Waals surface area (Å²) in [5.41, 5.74) is 0.229. The highest BCUT2D eigenvalue weighted by atomic mass is 16.5. The number of carboxylic acids is 1. The van der Waals surface area contributed by atoms with Gasteiger partial charge in [-0.2, -0.15) is 0 Å². The molecule has 0 aromatic heterocycles. The third-order valence-corrected chi connectivity index (χ3v) is 2.52. The first-order valence-corrected chi connectivity index (χ1v) is 6.04. The second kappa shape index (κ2) is 7.25. The Morgan fingerprint density at radius 3 is 2.68 bits per heavy atom. The molecule has 6 nitrogen and oxygen atoms in total. The van der Waals surface area contributed by atoms with Crippen LogP contribution in [0.1, 0.15) is 30.1 Å². The molecule has 0 fully saturated rings. The van der Waals surface area contributed by atoms with Crippen molar-refractivity contribution in [2.24, 2.45) is 0 Å². The molecule has 1 rings (SSSR count).